The topological polar surface area (TPSA) is 75.7 Å². The second-order valence-corrected chi connectivity index (χ2v) is 10.5. The lowest BCUT2D eigenvalue weighted by atomic mass is 10.00. The summed E-state index contributed by atoms with van der Waals surface area (Å²) in [7, 11) is -3.56. The third-order valence-corrected chi connectivity index (χ3v) is 6.68. The van der Waals surface area contributed by atoms with Crippen LogP contribution in [0.25, 0.3) is 0 Å². The molecule has 1 saturated heterocycles. The van der Waals surface area contributed by atoms with E-state index >= 15 is 0 Å². The van der Waals surface area contributed by atoms with Crippen molar-refractivity contribution in [1.82, 2.24) is 9.62 Å². The second-order valence-electron chi connectivity index (χ2n) is 7.71. The van der Waals surface area contributed by atoms with Crippen molar-refractivity contribution < 1.29 is 17.9 Å². The zero-order valence-electron chi connectivity index (χ0n) is 15.8. The number of carbonyl (C=O) groups excluding carboxylic acids is 1. The van der Waals surface area contributed by atoms with Gasteiger partial charge in [-0.2, -0.15) is 0 Å². The van der Waals surface area contributed by atoms with Crippen LogP contribution in [-0.2, 0) is 20.5 Å². The van der Waals surface area contributed by atoms with Crippen LogP contribution >= 0.6 is 23.2 Å². The molecule has 6 nitrogen and oxygen atoms in total. The van der Waals surface area contributed by atoms with E-state index < -0.39 is 21.7 Å². The molecule has 1 atom stereocenters. The SMILES string of the molecule is CC(C)(C)OC(=O)NCC1CCCN(S(=O)(=O)Cc2c(Cl)cccc2Cl)C1. The maximum atomic E-state index is 12.8. The van der Waals surface area contributed by atoms with E-state index in [4.69, 9.17) is 27.9 Å². The van der Waals surface area contributed by atoms with Crippen molar-refractivity contribution in [3.63, 3.8) is 0 Å². The summed E-state index contributed by atoms with van der Waals surface area (Å²) in [5.41, 5.74) is -0.157. The predicted molar refractivity (Wildman–Crippen MR) is 108 cm³/mol. The average Bonchev–Trinajstić information content (AvgIpc) is 2.55. The molecule has 1 unspecified atom stereocenters. The first-order valence-electron chi connectivity index (χ1n) is 8.85. The number of alkyl carbamates (subject to hydrolysis) is 1. The Morgan fingerprint density at radius 1 is 1.30 bits per heavy atom. The maximum Gasteiger partial charge on any atom is 0.407 e. The molecule has 0 aliphatic carbocycles. The number of halogens is 2. The number of nitrogens with zero attached hydrogens (tertiary/aromatic N) is 1. The third kappa shape index (κ3) is 6.82. The zero-order valence-corrected chi connectivity index (χ0v) is 18.1. The molecule has 1 aromatic rings. The molecule has 1 aliphatic rings. The number of amides is 1. The van der Waals surface area contributed by atoms with Crippen LogP contribution in [0.4, 0.5) is 4.79 Å². The van der Waals surface area contributed by atoms with E-state index in [0.29, 0.717) is 35.2 Å². The molecule has 27 heavy (non-hydrogen) atoms. The fraction of sp³-hybridized carbons (Fsp3) is 0.611. The number of nitrogens with one attached hydrogen (secondary N) is 1. The monoisotopic (exact) mass is 436 g/mol. The fourth-order valence-corrected chi connectivity index (χ4v) is 5.33. The molecule has 152 valence electrons. The number of piperidine rings is 1. The van der Waals surface area contributed by atoms with Crippen molar-refractivity contribution in [2.75, 3.05) is 19.6 Å². The lowest BCUT2D eigenvalue weighted by Gasteiger charge is -2.32. The fourth-order valence-electron chi connectivity index (χ4n) is 2.93. The molecule has 1 aliphatic heterocycles. The summed E-state index contributed by atoms with van der Waals surface area (Å²) in [5.74, 6) is -0.208. The molecule has 1 amide bonds. The smallest absolute Gasteiger partial charge is 0.407 e. The van der Waals surface area contributed by atoms with Crippen LogP contribution in [0.3, 0.4) is 0 Å². The van der Waals surface area contributed by atoms with Gasteiger partial charge >= 0.3 is 6.09 Å². The Bertz CT molecular complexity index is 758. The quantitative estimate of drug-likeness (QED) is 0.754. The molecule has 1 heterocycles. The Balaban J connectivity index is 1.97. The standard InChI is InChI=1S/C18H26Cl2N2O4S/c1-18(2,3)26-17(23)21-10-13-6-5-9-22(11-13)27(24,25)12-14-15(19)7-4-8-16(14)20/h4,7-8,13H,5-6,9-12H2,1-3H3,(H,21,23). The maximum absolute atomic E-state index is 12.8. The van der Waals surface area contributed by atoms with Gasteiger partial charge < -0.3 is 10.1 Å². The Labute approximate surface area is 171 Å². The number of hydrogen-bond donors (Lipinski definition) is 1. The largest absolute Gasteiger partial charge is 0.444 e. The van der Waals surface area contributed by atoms with Gasteiger partial charge in [-0.1, -0.05) is 29.3 Å². The minimum absolute atomic E-state index is 0.0303. The molecule has 0 aromatic heterocycles. The Kier molecular flexibility index (Phi) is 7.41. The van der Waals surface area contributed by atoms with Gasteiger partial charge in [-0.25, -0.2) is 17.5 Å². The number of benzene rings is 1. The van der Waals surface area contributed by atoms with Crippen LogP contribution < -0.4 is 5.32 Å². The highest BCUT2D eigenvalue weighted by Gasteiger charge is 2.30. The van der Waals surface area contributed by atoms with Crippen molar-refractivity contribution in [3.05, 3.63) is 33.8 Å². The molecule has 2 rings (SSSR count). The summed E-state index contributed by atoms with van der Waals surface area (Å²) in [5, 5.41) is 3.40. The molecule has 1 fully saturated rings. The summed E-state index contributed by atoms with van der Waals surface area (Å²) in [6.07, 6.45) is 1.08. The third-order valence-electron chi connectivity index (χ3n) is 4.20. The molecule has 0 saturated carbocycles. The highest BCUT2D eigenvalue weighted by molar-refractivity contribution is 7.88. The number of rotatable bonds is 5. The van der Waals surface area contributed by atoms with E-state index in [-0.39, 0.29) is 11.7 Å². The summed E-state index contributed by atoms with van der Waals surface area (Å²) < 4.78 is 32.3. The van der Waals surface area contributed by atoms with Crippen molar-refractivity contribution in [2.24, 2.45) is 5.92 Å². The molecule has 9 heteroatoms. The molecular formula is C18H26Cl2N2O4S. The highest BCUT2D eigenvalue weighted by atomic mass is 35.5. The molecular weight excluding hydrogens is 411 g/mol. The van der Waals surface area contributed by atoms with Crippen LogP contribution in [0.15, 0.2) is 18.2 Å². The van der Waals surface area contributed by atoms with Gasteiger partial charge in [0.15, 0.2) is 0 Å². The van der Waals surface area contributed by atoms with Gasteiger partial charge in [0, 0.05) is 35.2 Å². The summed E-state index contributed by atoms with van der Waals surface area (Å²) in [6.45, 7) is 6.55. The van der Waals surface area contributed by atoms with Gasteiger partial charge in [-0.05, 0) is 51.7 Å². The normalized spacial score (nSPS) is 18.9. The van der Waals surface area contributed by atoms with E-state index in [0.717, 1.165) is 12.8 Å². The van der Waals surface area contributed by atoms with Crippen molar-refractivity contribution in [3.8, 4) is 0 Å². The van der Waals surface area contributed by atoms with Gasteiger partial charge in [0.05, 0.1) is 5.75 Å². The molecule has 0 spiro atoms. The highest BCUT2D eigenvalue weighted by Crippen LogP contribution is 2.28. The Morgan fingerprint density at radius 3 is 2.52 bits per heavy atom. The van der Waals surface area contributed by atoms with Gasteiger partial charge in [-0.15, -0.1) is 0 Å². The summed E-state index contributed by atoms with van der Waals surface area (Å²) >= 11 is 12.2. The van der Waals surface area contributed by atoms with Crippen molar-refractivity contribution in [2.45, 2.75) is 45.0 Å². The summed E-state index contributed by atoms with van der Waals surface area (Å²) in [4.78, 5) is 11.8. The van der Waals surface area contributed by atoms with Gasteiger partial charge in [0.25, 0.3) is 0 Å². The average molecular weight is 437 g/mol. The molecule has 0 radical (unpaired) electrons. The van der Waals surface area contributed by atoms with E-state index in [1.165, 1.54) is 4.31 Å². The number of ether oxygens (including phenoxy) is 1. The molecule has 0 bridgehead atoms. The van der Waals surface area contributed by atoms with Crippen LogP contribution in [0, 0.1) is 5.92 Å². The number of carbonyl (C=O) groups is 1. The molecule has 1 aromatic carbocycles. The number of hydrogen-bond acceptors (Lipinski definition) is 4. The van der Waals surface area contributed by atoms with E-state index in [1.807, 2.05) is 0 Å². The predicted octanol–water partition coefficient (Wildman–Crippen LogP) is 4.06. The van der Waals surface area contributed by atoms with Crippen molar-refractivity contribution >= 4 is 39.3 Å². The van der Waals surface area contributed by atoms with E-state index in [2.05, 4.69) is 5.32 Å². The van der Waals surface area contributed by atoms with E-state index in [1.54, 1.807) is 39.0 Å². The van der Waals surface area contributed by atoms with Gasteiger partial charge in [0.2, 0.25) is 10.0 Å². The van der Waals surface area contributed by atoms with Crippen LogP contribution in [0.2, 0.25) is 10.0 Å². The minimum atomic E-state index is -3.56. The van der Waals surface area contributed by atoms with Crippen LogP contribution in [-0.4, -0.2) is 44.1 Å². The lowest BCUT2D eigenvalue weighted by molar-refractivity contribution is 0.0513. The van der Waals surface area contributed by atoms with Gasteiger partial charge in [0.1, 0.15) is 5.60 Å². The Morgan fingerprint density at radius 2 is 1.93 bits per heavy atom. The van der Waals surface area contributed by atoms with Crippen LogP contribution in [0.1, 0.15) is 39.2 Å². The zero-order chi connectivity index (χ0) is 20.2. The minimum Gasteiger partial charge on any atom is -0.444 e. The van der Waals surface area contributed by atoms with Crippen LogP contribution in [0.5, 0.6) is 0 Å². The van der Waals surface area contributed by atoms with Gasteiger partial charge in [-0.3, -0.25) is 0 Å². The first kappa shape index (κ1) is 22.3. The first-order valence-corrected chi connectivity index (χ1v) is 11.2. The molecule has 1 N–H and O–H groups in total. The van der Waals surface area contributed by atoms with E-state index in [9.17, 15) is 13.2 Å². The number of sulfonamides is 1. The van der Waals surface area contributed by atoms with Crippen molar-refractivity contribution in [1.29, 1.82) is 0 Å². The first-order chi connectivity index (χ1) is 12.5. The second kappa shape index (κ2) is 8.99. The lowest BCUT2D eigenvalue weighted by Crippen LogP contribution is -2.44. The Hall–Kier alpha value is -1.02. The summed E-state index contributed by atoms with van der Waals surface area (Å²) in [6, 6.07) is 4.93.